The monoisotopic (exact) mass is 712 g/mol. The van der Waals surface area contributed by atoms with Gasteiger partial charge in [0, 0.05) is 11.8 Å². The molecule has 10 heteroatoms. The second-order valence-electron chi connectivity index (χ2n) is 15.4. The highest BCUT2D eigenvalue weighted by molar-refractivity contribution is 7.99. The molecule has 0 bridgehead atoms. The van der Waals surface area contributed by atoms with Crippen LogP contribution in [-0.2, 0) is 0 Å². The van der Waals surface area contributed by atoms with Crippen LogP contribution in [0.4, 0.5) is 22.0 Å². The SMILES string of the molecule is CC(C)(C)[Si](C)(C)Oc1ccc(C2=C(c3ccc(OCCCCCSCCCC(F)(F)C(F)(F)F)cc3)C[C@@]3(C)[C@@H](CC[C@@H]3O)C2)cc1. The summed E-state index contributed by atoms with van der Waals surface area (Å²) in [5.41, 5.74) is 4.81. The lowest BCUT2D eigenvalue weighted by Crippen LogP contribution is -2.43. The Balaban J connectivity index is 1.33. The largest absolute Gasteiger partial charge is 0.544 e. The molecule has 2 aromatic carbocycles. The molecule has 0 heterocycles. The number of unbranched alkanes of at least 4 members (excludes halogenated alkanes) is 2. The number of ether oxygens (including phenoxy) is 1. The highest BCUT2D eigenvalue weighted by Gasteiger charge is 2.56. The van der Waals surface area contributed by atoms with Gasteiger partial charge in [0.1, 0.15) is 11.5 Å². The second kappa shape index (κ2) is 15.5. The number of hydrogen-bond acceptors (Lipinski definition) is 4. The summed E-state index contributed by atoms with van der Waals surface area (Å²) in [6.07, 6.45) is -0.887. The molecule has 0 aliphatic heterocycles. The number of fused-ring (bicyclic) bond motifs is 1. The van der Waals surface area contributed by atoms with Crippen molar-refractivity contribution < 1.29 is 36.2 Å². The number of alkyl halides is 5. The Bertz CT molecular complexity index is 1370. The molecule has 0 radical (unpaired) electrons. The van der Waals surface area contributed by atoms with Crippen molar-refractivity contribution in [3.8, 4) is 11.5 Å². The minimum atomic E-state index is -5.47. The van der Waals surface area contributed by atoms with Crippen molar-refractivity contribution in [1.82, 2.24) is 0 Å². The molecule has 0 saturated heterocycles. The minimum Gasteiger partial charge on any atom is -0.544 e. The Kier molecular flexibility index (Phi) is 12.5. The Morgan fingerprint density at radius 2 is 1.40 bits per heavy atom. The predicted molar refractivity (Wildman–Crippen MR) is 191 cm³/mol. The summed E-state index contributed by atoms with van der Waals surface area (Å²) in [5, 5.41) is 11.1. The van der Waals surface area contributed by atoms with E-state index in [2.05, 4.69) is 77.2 Å². The van der Waals surface area contributed by atoms with Crippen LogP contribution in [0.1, 0.15) is 96.6 Å². The maximum Gasteiger partial charge on any atom is 0.453 e. The predicted octanol–water partition coefficient (Wildman–Crippen LogP) is 11.8. The summed E-state index contributed by atoms with van der Waals surface area (Å²) >= 11 is 1.42. The van der Waals surface area contributed by atoms with Crippen LogP contribution in [-0.4, -0.2) is 49.7 Å². The van der Waals surface area contributed by atoms with Gasteiger partial charge in [0.05, 0.1) is 12.7 Å². The van der Waals surface area contributed by atoms with Crippen LogP contribution < -0.4 is 9.16 Å². The maximum atomic E-state index is 13.0. The fraction of sp³-hybridized carbons (Fsp3) is 0.632. The molecule has 0 amide bonds. The number of hydrogen-bond donors (Lipinski definition) is 1. The average Bonchev–Trinajstić information content (AvgIpc) is 3.29. The lowest BCUT2D eigenvalue weighted by molar-refractivity contribution is -0.284. The van der Waals surface area contributed by atoms with Crippen LogP contribution in [0.25, 0.3) is 11.1 Å². The summed E-state index contributed by atoms with van der Waals surface area (Å²) < 4.78 is 75.3. The second-order valence-corrected chi connectivity index (χ2v) is 21.3. The molecule has 0 unspecified atom stereocenters. The van der Waals surface area contributed by atoms with Crippen molar-refractivity contribution in [3.63, 3.8) is 0 Å². The van der Waals surface area contributed by atoms with Crippen LogP contribution in [0.15, 0.2) is 48.5 Å². The first-order chi connectivity index (χ1) is 22.3. The maximum absolute atomic E-state index is 13.0. The van der Waals surface area contributed by atoms with E-state index < -0.39 is 26.8 Å². The molecular formula is C38H53F5O3SSi. The Labute approximate surface area is 289 Å². The van der Waals surface area contributed by atoms with E-state index >= 15 is 0 Å². The molecule has 1 saturated carbocycles. The zero-order chi connectivity index (χ0) is 35.4. The third-order valence-electron chi connectivity index (χ3n) is 10.8. The molecule has 268 valence electrons. The van der Waals surface area contributed by atoms with E-state index in [4.69, 9.17) is 9.16 Å². The summed E-state index contributed by atoms with van der Waals surface area (Å²) in [7, 11) is -1.95. The van der Waals surface area contributed by atoms with Crippen molar-refractivity contribution >= 4 is 31.2 Å². The third-order valence-corrected chi connectivity index (χ3v) is 16.3. The van der Waals surface area contributed by atoms with E-state index in [-0.39, 0.29) is 23.0 Å². The molecule has 2 aliphatic rings. The Morgan fingerprint density at radius 1 is 0.812 bits per heavy atom. The van der Waals surface area contributed by atoms with Gasteiger partial charge in [0.2, 0.25) is 8.32 Å². The Morgan fingerprint density at radius 3 is 2.00 bits per heavy atom. The van der Waals surface area contributed by atoms with Crippen LogP contribution in [0.2, 0.25) is 18.1 Å². The average molecular weight is 713 g/mol. The van der Waals surface area contributed by atoms with Crippen molar-refractivity contribution in [2.75, 3.05) is 18.1 Å². The highest BCUT2D eigenvalue weighted by Crippen LogP contribution is 2.57. The van der Waals surface area contributed by atoms with E-state index in [0.717, 1.165) is 67.8 Å². The molecule has 2 aromatic rings. The molecule has 0 aromatic heterocycles. The third kappa shape index (κ3) is 9.39. The number of thioether (sulfide) groups is 1. The van der Waals surface area contributed by atoms with Crippen LogP contribution in [0.3, 0.4) is 0 Å². The first-order valence-corrected chi connectivity index (χ1v) is 21.4. The summed E-state index contributed by atoms with van der Waals surface area (Å²) in [6.45, 7) is 14.0. The van der Waals surface area contributed by atoms with Crippen molar-refractivity contribution in [3.05, 3.63) is 59.7 Å². The van der Waals surface area contributed by atoms with Crippen LogP contribution >= 0.6 is 11.8 Å². The van der Waals surface area contributed by atoms with Crippen molar-refractivity contribution in [1.29, 1.82) is 0 Å². The summed E-state index contributed by atoms with van der Waals surface area (Å²) in [4.78, 5) is 0. The molecule has 1 fully saturated rings. The topological polar surface area (TPSA) is 38.7 Å². The number of allylic oxidation sites excluding steroid dienone is 2. The molecule has 3 nitrogen and oxygen atoms in total. The molecule has 4 rings (SSSR count). The van der Waals surface area contributed by atoms with Gasteiger partial charge in [-0.05, 0) is 133 Å². The highest BCUT2D eigenvalue weighted by atomic mass is 32.2. The van der Waals surface area contributed by atoms with Crippen LogP contribution in [0.5, 0.6) is 11.5 Å². The molecule has 0 spiro atoms. The number of aliphatic hydroxyl groups excluding tert-OH is 1. The zero-order valence-corrected chi connectivity index (χ0v) is 31.1. The molecule has 2 aliphatic carbocycles. The van der Waals surface area contributed by atoms with E-state index in [1.165, 1.54) is 28.5 Å². The van der Waals surface area contributed by atoms with Gasteiger partial charge in [0.25, 0.3) is 0 Å². The fourth-order valence-electron chi connectivity index (χ4n) is 6.55. The smallest absolute Gasteiger partial charge is 0.453 e. The Hall–Kier alpha value is -2.04. The standard InChI is InChI=1S/C38H53F5O3SSi/c1-35(2,3)48(5,6)46-31-18-13-27(14-19-31)32-25-29-15-20-34(44)36(29,4)26-33(32)28-11-16-30(17-12-28)45-22-8-7-9-23-47-24-10-21-37(39,40)38(41,42)43/h11-14,16-19,29,34,44H,7-10,15,20-26H2,1-6H3/t29-,34-,36-/m0/s1. The van der Waals surface area contributed by atoms with E-state index in [0.29, 0.717) is 18.3 Å². The van der Waals surface area contributed by atoms with Gasteiger partial charge >= 0.3 is 12.1 Å². The van der Waals surface area contributed by atoms with Gasteiger partial charge in [-0.1, -0.05) is 52.0 Å². The van der Waals surface area contributed by atoms with Crippen LogP contribution in [0, 0.1) is 11.3 Å². The van der Waals surface area contributed by atoms with E-state index in [9.17, 15) is 27.1 Å². The van der Waals surface area contributed by atoms with Gasteiger partial charge < -0.3 is 14.3 Å². The quantitative estimate of drug-likeness (QED) is 0.113. The number of benzene rings is 2. The van der Waals surface area contributed by atoms with Gasteiger partial charge in [-0.2, -0.15) is 33.7 Å². The number of rotatable bonds is 15. The van der Waals surface area contributed by atoms with Gasteiger partial charge in [-0.3, -0.25) is 0 Å². The van der Waals surface area contributed by atoms with E-state index in [1.807, 2.05) is 12.1 Å². The molecule has 48 heavy (non-hydrogen) atoms. The molecule has 3 atom stereocenters. The van der Waals surface area contributed by atoms with Crippen molar-refractivity contribution in [2.24, 2.45) is 11.3 Å². The van der Waals surface area contributed by atoms with Gasteiger partial charge in [-0.25, -0.2) is 0 Å². The van der Waals surface area contributed by atoms with Gasteiger partial charge in [-0.15, -0.1) is 0 Å². The van der Waals surface area contributed by atoms with Gasteiger partial charge in [0.15, 0.2) is 0 Å². The number of halogens is 5. The first-order valence-electron chi connectivity index (χ1n) is 17.3. The minimum absolute atomic E-state index is 0.118. The van der Waals surface area contributed by atoms with Crippen molar-refractivity contribution in [2.45, 2.75) is 122 Å². The lowest BCUT2D eigenvalue weighted by Gasteiger charge is -2.41. The van der Waals surface area contributed by atoms with E-state index in [1.54, 1.807) is 0 Å². The zero-order valence-electron chi connectivity index (χ0n) is 29.3. The molecule has 1 N–H and O–H groups in total. The normalized spacial score (nSPS) is 22.2. The lowest BCUT2D eigenvalue weighted by atomic mass is 9.64. The molecular weight excluding hydrogens is 660 g/mol. The summed E-state index contributed by atoms with van der Waals surface area (Å²) in [5.74, 6) is -1.45. The number of aliphatic hydroxyl groups is 1. The fourth-order valence-corrected chi connectivity index (χ4v) is 8.54. The summed E-state index contributed by atoms with van der Waals surface area (Å²) in [6, 6.07) is 16.8. The first kappa shape index (κ1) is 38.8.